The van der Waals surface area contributed by atoms with E-state index in [1.165, 1.54) is 36.5 Å². The van der Waals surface area contributed by atoms with Gasteiger partial charge in [-0.3, -0.25) is 14.2 Å². The topological polar surface area (TPSA) is 178 Å². The summed E-state index contributed by atoms with van der Waals surface area (Å²) in [6.45, 7) is 3.22. The molecule has 1 amide bonds. The summed E-state index contributed by atoms with van der Waals surface area (Å²) < 4.78 is 43.5. The maximum atomic E-state index is 13.3. The highest BCUT2D eigenvalue weighted by molar-refractivity contribution is 5.91. The van der Waals surface area contributed by atoms with Gasteiger partial charge in [-0.1, -0.05) is 29.4 Å². The lowest BCUT2D eigenvalue weighted by atomic mass is 10.1. The lowest BCUT2D eigenvalue weighted by Gasteiger charge is -2.16. The molecular formula is C26H24F3N7O5. The van der Waals surface area contributed by atoms with E-state index >= 15 is 0 Å². The molecule has 0 unspecified atom stereocenters. The van der Waals surface area contributed by atoms with Crippen molar-refractivity contribution in [3.05, 3.63) is 76.0 Å². The molecule has 2 aromatic heterocycles. The van der Waals surface area contributed by atoms with Crippen LogP contribution in [0.2, 0.25) is 0 Å². The number of alkyl halides is 3. The Morgan fingerprint density at radius 2 is 1.83 bits per heavy atom. The molecule has 0 saturated heterocycles. The number of aromatic carboxylic acids is 1. The van der Waals surface area contributed by atoms with Crippen molar-refractivity contribution in [1.82, 2.24) is 25.0 Å². The minimum absolute atomic E-state index is 0.00430. The fourth-order valence-electron chi connectivity index (χ4n) is 3.80. The lowest BCUT2D eigenvalue weighted by molar-refractivity contribution is -0.159. The number of nitrogens with zero attached hydrogens (tertiary/aromatic N) is 4. The second kappa shape index (κ2) is 11.5. The third-order valence-corrected chi connectivity index (χ3v) is 5.65. The van der Waals surface area contributed by atoms with Crippen LogP contribution in [0.3, 0.4) is 0 Å². The van der Waals surface area contributed by atoms with Crippen molar-refractivity contribution in [2.75, 3.05) is 11.1 Å². The number of benzene rings is 2. The quantitative estimate of drug-likeness (QED) is 0.218. The summed E-state index contributed by atoms with van der Waals surface area (Å²) in [7, 11) is 0. The van der Waals surface area contributed by atoms with Crippen LogP contribution >= 0.6 is 0 Å². The molecule has 4 rings (SSSR count). The van der Waals surface area contributed by atoms with E-state index in [9.17, 15) is 32.7 Å². The number of aromatic nitrogens is 4. The Kier molecular flexibility index (Phi) is 8.07. The molecule has 0 atom stereocenters. The molecule has 0 aliphatic carbocycles. The Bertz CT molecular complexity index is 1650. The zero-order valence-corrected chi connectivity index (χ0v) is 21.7. The number of halogens is 3. The van der Waals surface area contributed by atoms with Crippen molar-refractivity contribution in [1.29, 1.82) is 0 Å². The molecule has 4 aromatic rings. The van der Waals surface area contributed by atoms with Crippen LogP contribution in [0, 0.1) is 0 Å². The molecule has 0 saturated carbocycles. The van der Waals surface area contributed by atoms with Crippen LogP contribution in [0.5, 0.6) is 0 Å². The number of carboxylic acids is 1. The Balaban J connectivity index is 1.54. The zero-order valence-electron chi connectivity index (χ0n) is 21.7. The predicted octanol–water partition coefficient (Wildman–Crippen LogP) is 3.40. The van der Waals surface area contributed by atoms with Gasteiger partial charge in [0.05, 0.1) is 17.5 Å². The van der Waals surface area contributed by atoms with E-state index < -0.39 is 36.0 Å². The van der Waals surface area contributed by atoms with Crippen molar-refractivity contribution < 1.29 is 32.4 Å². The Morgan fingerprint density at radius 3 is 2.44 bits per heavy atom. The van der Waals surface area contributed by atoms with Crippen LogP contribution < -0.4 is 21.9 Å². The second-order valence-corrected chi connectivity index (χ2v) is 9.23. The van der Waals surface area contributed by atoms with Gasteiger partial charge < -0.3 is 26.0 Å². The van der Waals surface area contributed by atoms with Crippen molar-refractivity contribution in [2.24, 2.45) is 0 Å². The first-order valence-corrected chi connectivity index (χ1v) is 12.1. The standard InChI is InChI=1S/C26H24F3N7O5/c1-13(2)33-22-23(38)36(19(11-32-22)16-7-17(24(39)40)9-18(30)8-16)12-20(37)31-10-14-3-5-15(6-4-14)21-34-25(41-35-21)26(27,28)29/h3-9,11,13H,10,12,30H2,1-2H3,(H,31,37)(H,32,33)(H,39,40). The molecule has 0 radical (unpaired) electrons. The normalized spacial score (nSPS) is 11.5. The van der Waals surface area contributed by atoms with Gasteiger partial charge in [-0.25, -0.2) is 9.78 Å². The van der Waals surface area contributed by atoms with Gasteiger partial charge in [-0.15, -0.1) is 0 Å². The minimum Gasteiger partial charge on any atom is -0.478 e. The molecule has 41 heavy (non-hydrogen) atoms. The SMILES string of the molecule is CC(C)Nc1ncc(-c2cc(N)cc(C(=O)O)c2)n(CC(=O)NCc2ccc(-c3noc(C(F)(F)F)n3)cc2)c1=O. The van der Waals surface area contributed by atoms with E-state index in [0.717, 1.165) is 4.57 Å². The fraction of sp³-hybridized carbons (Fsp3) is 0.231. The number of hydrogen-bond donors (Lipinski definition) is 4. The summed E-state index contributed by atoms with van der Waals surface area (Å²) in [4.78, 5) is 45.2. The molecule has 5 N–H and O–H groups in total. The number of carbonyl (C=O) groups excluding carboxylic acids is 1. The molecule has 0 aliphatic heterocycles. The van der Waals surface area contributed by atoms with Gasteiger partial charge in [0.2, 0.25) is 11.7 Å². The number of hydrogen-bond acceptors (Lipinski definition) is 9. The number of nitrogen functional groups attached to an aromatic ring is 1. The number of rotatable bonds is 9. The van der Waals surface area contributed by atoms with Crippen LogP contribution in [0.25, 0.3) is 22.6 Å². The van der Waals surface area contributed by atoms with E-state index in [2.05, 4.69) is 30.3 Å². The highest BCUT2D eigenvalue weighted by Gasteiger charge is 2.38. The van der Waals surface area contributed by atoms with E-state index in [-0.39, 0.29) is 52.3 Å². The molecule has 0 spiro atoms. The summed E-state index contributed by atoms with van der Waals surface area (Å²) in [5.74, 6) is -3.46. The highest BCUT2D eigenvalue weighted by atomic mass is 19.4. The van der Waals surface area contributed by atoms with Gasteiger partial charge in [0.15, 0.2) is 5.82 Å². The smallest absolute Gasteiger partial charge is 0.471 e. The maximum Gasteiger partial charge on any atom is 0.471 e. The van der Waals surface area contributed by atoms with Gasteiger partial charge in [-0.2, -0.15) is 18.2 Å². The van der Waals surface area contributed by atoms with E-state index in [0.29, 0.717) is 5.56 Å². The van der Waals surface area contributed by atoms with Crippen molar-refractivity contribution in [3.63, 3.8) is 0 Å². The first kappa shape index (κ1) is 28.8. The minimum atomic E-state index is -4.76. The molecule has 0 bridgehead atoms. The van der Waals surface area contributed by atoms with Crippen molar-refractivity contribution >= 4 is 23.4 Å². The number of carboxylic acid groups (broad SMARTS) is 1. The monoisotopic (exact) mass is 571 g/mol. The predicted molar refractivity (Wildman–Crippen MR) is 141 cm³/mol. The Labute approximate surface area is 230 Å². The molecule has 2 aromatic carbocycles. The summed E-state index contributed by atoms with van der Waals surface area (Å²) in [6.07, 6.45) is -3.41. The van der Waals surface area contributed by atoms with Crippen molar-refractivity contribution in [2.45, 2.75) is 39.2 Å². The summed E-state index contributed by atoms with van der Waals surface area (Å²) in [6, 6.07) is 10.00. The third-order valence-electron chi connectivity index (χ3n) is 5.65. The lowest BCUT2D eigenvalue weighted by Crippen LogP contribution is -2.35. The number of nitrogens with one attached hydrogen (secondary N) is 2. The average molecular weight is 572 g/mol. The van der Waals surface area contributed by atoms with E-state index in [1.807, 2.05) is 13.8 Å². The molecule has 0 fully saturated rings. The number of carbonyl (C=O) groups is 2. The molecule has 12 nitrogen and oxygen atoms in total. The van der Waals surface area contributed by atoms with Gasteiger partial charge in [-0.05, 0) is 37.6 Å². The number of amides is 1. The summed E-state index contributed by atoms with van der Waals surface area (Å²) in [5, 5.41) is 18.3. The summed E-state index contributed by atoms with van der Waals surface area (Å²) in [5.41, 5.74) is 6.65. The van der Waals surface area contributed by atoms with Crippen LogP contribution in [0.1, 0.15) is 35.7 Å². The Morgan fingerprint density at radius 1 is 1.12 bits per heavy atom. The highest BCUT2D eigenvalue weighted by Crippen LogP contribution is 2.29. The first-order chi connectivity index (χ1) is 19.3. The third kappa shape index (κ3) is 6.87. The van der Waals surface area contributed by atoms with Crippen LogP contribution in [-0.2, 0) is 24.1 Å². The van der Waals surface area contributed by atoms with Crippen LogP contribution in [0.4, 0.5) is 24.7 Å². The fourth-order valence-corrected chi connectivity index (χ4v) is 3.80. The molecule has 214 valence electrons. The number of nitrogens with two attached hydrogens (primary N) is 1. The van der Waals surface area contributed by atoms with E-state index in [4.69, 9.17) is 5.73 Å². The molecule has 2 heterocycles. The van der Waals surface area contributed by atoms with Crippen molar-refractivity contribution in [3.8, 4) is 22.6 Å². The van der Waals surface area contributed by atoms with Crippen LogP contribution in [-0.4, -0.2) is 42.7 Å². The second-order valence-electron chi connectivity index (χ2n) is 9.23. The van der Waals surface area contributed by atoms with E-state index in [1.54, 1.807) is 12.1 Å². The Hall–Kier alpha value is -5.21. The van der Waals surface area contributed by atoms with Gasteiger partial charge in [0.25, 0.3) is 5.56 Å². The average Bonchev–Trinajstić information content (AvgIpc) is 3.41. The molecule has 0 aliphatic rings. The zero-order chi connectivity index (χ0) is 29.9. The maximum absolute atomic E-state index is 13.3. The van der Waals surface area contributed by atoms with Gasteiger partial charge >= 0.3 is 18.0 Å². The molecule has 15 heteroatoms. The number of anilines is 2. The summed E-state index contributed by atoms with van der Waals surface area (Å²) >= 11 is 0. The van der Waals surface area contributed by atoms with Gasteiger partial charge in [0, 0.05) is 29.4 Å². The first-order valence-electron chi connectivity index (χ1n) is 12.1. The largest absolute Gasteiger partial charge is 0.478 e. The molecular weight excluding hydrogens is 547 g/mol. The van der Waals surface area contributed by atoms with Gasteiger partial charge in [0.1, 0.15) is 6.54 Å². The van der Waals surface area contributed by atoms with Crippen LogP contribution in [0.15, 0.2) is 58.0 Å².